The van der Waals surface area contributed by atoms with E-state index >= 15 is 0 Å². The van der Waals surface area contributed by atoms with Crippen LogP contribution < -0.4 is 0 Å². The van der Waals surface area contributed by atoms with E-state index in [1.165, 1.54) is 32.3 Å². The second kappa shape index (κ2) is 4.57. The number of halogens is 1. The molecule has 3 aromatic carbocycles. The fourth-order valence-electron chi connectivity index (χ4n) is 3.58. The molecule has 0 aliphatic heterocycles. The smallest absolute Gasteiger partial charge is 0.0435 e. The lowest BCUT2D eigenvalue weighted by molar-refractivity contribution is 0.713. The monoisotopic (exact) mass is 334 g/mol. The average Bonchev–Trinajstić information content (AvgIpc) is 2.81. The van der Waals surface area contributed by atoms with Crippen LogP contribution in [0.25, 0.3) is 11.1 Å². The number of rotatable bonds is 1. The maximum absolute atomic E-state index is 3.74. The summed E-state index contributed by atoms with van der Waals surface area (Å²) >= 11 is 3.74. The van der Waals surface area contributed by atoms with Crippen molar-refractivity contribution < 1.29 is 0 Å². The van der Waals surface area contributed by atoms with Crippen LogP contribution in [0, 0.1) is 0 Å². The Hall–Kier alpha value is -1.86. The molecule has 0 spiro atoms. The minimum absolute atomic E-state index is 0.0863. The molecule has 0 nitrogen and oxygen atoms in total. The molecule has 0 bridgehead atoms. The molecule has 1 atom stereocenters. The molecule has 0 saturated carbocycles. The lowest BCUT2D eigenvalue weighted by Gasteiger charge is -2.28. The number of hydrogen-bond donors (Lipinski definition) is 0. The largest absolute Gasteiger partial charge is 0.0622 e. The van der Waals surface area contributed by atoms with E-state index in [1.54, 1.807) is 0 Å². The van der Waals surface area contributed by atoms with Crippen LogP contribution in [0.15, 0.2) is 77.3 Å². The summed E-state index contributed by atoms with van der Waals surface area (Å²) in [5, 5.41) is 0. The Balaban J connectivity index is 2.13. The van der Waals surface area contributed by atoms with Crippen molar-refractivity contribution in [2.24, 2.45) is 0 Å². The van der Waals surface area contributed by atoms with Gasteiger partial charge in [0.1, 0.15) is 0 Å². The van der Waals surface area contributed by atoms with Crippen molar-refractivity contribution in [2.75, 3.05) is 0 Å². The standard InChI is InChI=1S/C20H15Br/c1-20(14-8-3-2-4-9-14)16-11-6-5-10-15(16)19-17(20)12-7-13-18(19)21/h2-13H,1H3/t20-/m1/s1. The van der Waals surface area contributed by atoms with E-state index in [0.717, 1.165) is 0 Å². The second-order valence-electron chi connectivity index (χ2n) is 5.70. The molecule has 102 valence electrons. The lowest BCUT2D eigenvalue weighted by Crippen LogP contribution is -2.22. The van der Waals surface area contributed by atoms with Gasteiger partial charge in [-0.25, -0.2) is 0 Å². The Kier molecular flexibility index (Phi) is 2.80. The molecular weight excluding hydrogens is 320 g/mol. The Morgan fingerprint density at radius 3 is 2.19 bits per heavy atom. The molecule has 0 saturated heterocycles. The van der Waals surface area contributed by atoms with Crippen LogP contribution in [0.4, 0.5) is 0 Å². The molecule has 0 heterocycles. The highest BCUT2D eigenvalue weighted by Gasteiger charge is 2.41. The van der Waals surface area contributed by atoms with Gasteiger partial charge in [-0.15, -0.1) is 0 Å². The van der Waals surface area contributed by atoms with Gasteiger partial charge in [0, 0.05) is 15.5 Å². The molecule has 1 aliphatic carbocycles. The van der Waals surface area contributed by atoms with Crippen molar-refractivity contribution in [3.8, 4) is 11.1 Å². The first-order valence-corrected chi connectivity index (χ1v) is 7.96. The SMILES string of the molecule is C[C@@]1(c2ccccc2)c2ccccc2-c2c(Br)cccc21. The molecule has 0 unspecified atom stereocenters. The van der Waals surface area contributed by atoms with Gasteiger partial charge in [-0.05, 0) is 35.2 Å². The minimum atomic E-state index is -0.0863. The fourth-order valence-corrected chi connectivity index (χ4v) is 4.16. The van der Waals surface area contributed by atoms with Crippen molar-refractivity contribution in [3.05, 3.63) is 94.0 Å². The second-order valence-corrected chi connectivity index (χ2v) is 6.55. The summed E-state index contributed by atoms with van der Waals surface area (Å²) in [6.45, 7) is 2.33. The highest BCUT2D eigenvalue weighted by Crippen LogP contribution is 2.54. The van der Waals surface area contributed by atoms with E-state index < -0.39 is 0 Å². The molecule has 3 aromatic rings. The molecule has 0 fully saturated rings. The zero-order valence-electron chi connectivity index (χ0n) is 11.8. The van der Waals surface area contributed by atoms with E-state index in [1.807, 2.05) is 0 Å². The van der Waals surface area contributed by atoms with Gasteiger partial charge in [-0.2, -0.15) is 0 Å². The summed E-state index contributed by atoms with van der Waals surface area (Å²) in [5.41, 5.74) is 6.69. The van der Waals surface area contributed by atoms with Crippen molar-refractivity contribution >= 4 is 15.9 Å². The molecule has 1 heteroatoms. The molecule has 1 aliphatic rings. The van der Waals surface area contributed by atoms with Gasteiger partial charge >= 0.3 is 0 Å². The van der Waals surface area contributed by atoms with Gasteiger partial charge in [-0.3, -0.25) is 0 Å². The van der Waals surface area contributed by atoms with Crippen LogP contribution in [0.3, 0.4) is 0 Å². The third-order valence-electron chi connectivity index (χ3n) is 4.64. The molecule has 0 aromatic heterocycles. The van der Waals surface area contributed by atoms with Crippen LogP contribution in [0.5, 0.6) is 0 Å². The predicted molar refractivity (Wildman–Crippen MR) is 91.6 cm³/mol. The summed E-state index contributed by atoms with van der Waals surface area (Å²) in [7, 11) is 0. The topological polar surface area (TPSA) is 0 Å². The zero-order valence-corrected chi connectivity index (χ0v) is 13.4. The summed E-state index contributed by atoms with van der Waals surface area (Å²) in [5.74, 6) is 0. The first-order valence-electron chi connectivity index (χ1n) is 7.17. The Bertz CT molecular complexity index is 820. The molecule has 4 rings (SSSR count). The zero-order chi connectivity index (χ0) is 14.4. The predicted octanol–water partition coefficient (Wildman–Crippen LogP) is 5.78. The first-order chi connectivity index (χ1) is 10.2. The van der Waals surface area contributed by atoms with Gasteiger partial charge in [0.2, 0.25) is 0 Å². The van der Waals surface area contributed by atoms with Gasteiger partial charge in [0.05, 0.1) is 0 Å². The minimum Gasteiger partial charge on any atom is -0.0622 e. The van der Waals surface area contributed by atoms with E-state index in [2.05, 4.69) is 95.7 Å². The van der Waals surface area contributed by atoms with Crippen molar-refractivity contribution in [3.63, 3.8) is 0 Å². The fraction of sp³-hybridized carbons (Fsp3) is 0.100. The quantitative estimate of drug-likeness (QED) is 0.528. The Morgan fingerprint density at radius 2 is 1.38 bits per heavy atom. The van der Waals surface area contributed by atoms with Crippen LogP contribution in [0.2, 0.25) is 0 Å². The molecule has 0 N–H and O–H groups in total. The maximum atomic E-state index is 3.74. The van der Waals surface area contributed by atoms with Gasteiger partial charge in [0.25, 0.3) is 0 Å². The van der Waals surface area contributed by atoms with Crippen LogP contribution in [-0.2, 0) is 5.41 Å². The number of hydrogen-bond acceptors (Lipinski definition) is 0. The maximum Gasteiger partial charge on any atom is 0.0435 e. The first kappa shape index (κ1) is 12.8. The molecule has 0 amide bonds. The molecular formula is C20H15Br. The van der Waals surface area contributed by atoms with E-state index in [0.29, 0.717) is 0 Å². The Labute approximate surface area is 133 Å². The summed E-state index contributed by atoms with van der Waals surface area (Å²) < 4.78 is 1.17. The van der Waals surface area contributed by atoms with Crippen LogP contribution in [0.1, 0.15) is 23.6 Å². The van der Waals surface area contributed by atoms with Crippen LogP contribution >= 0.6 is 15.9 Å². The Morgan fingerprint density at radius 1 is 0.714 bits per heavy atom. The summed E-state index contributed by atoms with van der Waals surface area (Å²) in [6, 6.07) is 26.1. The van der Waals surface area contributed by atoms with Gasteiger partial charge in [-0.1, -0.05) is 82.7 Å². The van der Waals surface area contributed by atoms with Gasteiger partial charge < -0.3 is 0 Å². The highest BCUT2D eigenvalue weighted by molar-refractivity contribution is 9.10. The average molecular weight is 335 g/mol. The number of benzene rings is 3. The number of fused-ring (bicyclic) bond motifs is 3. The van der Waals surface area contributed by atoms with E-state index in [4.69, 9.17) is 0 Å². The van der Waals surface area contributed by atoms with Crippen molar-refractivity contribution in [1.82, 2.24) is 0 Å². The van der Waals surface area contributed by atoms with Crippen molar-refractivity contribution in [2.45, 2.75) is 12.3 Å². The van der Waals surface area contributed by atoms with Crippen molar-refractivity contribution in [1.29, 1.82) is 0 Å². The lowest BCUT2D eigenvalue weighted by atomic mass is 9.74. The summed E-state index contributed by atoms with van der Waals surface area (Å²) in [4.78, 5) is 0. The van der Waals surface area contributed by atoms with E-state index in [-0.39, 0.29) is 5.41 Å². The van der Waals surface area contributed by atoms with Gasteiger partial charge in [0.15, 0.2) is 0 Å². The molecule has 21 heavy (non-hydrogen) atoms. The molecule has 0 radical (unpaired) electrons. The third-order valence-corrected chi connectivity index (χ3v) is 5.30. The third kappa shape index (κ3) is 1.67. The van der Waals surface area contributed by atoms with Crippen LogP contribution in [-0.4, -0.2) is 0 Å². The summed E-state index contributed by atoms with van der Waals surface area (Å²) in [6.07, 6.45) is 0. The van der Waals surface area contributed by atoms with E-state index in [9.17, 15) is 0 Å². The highest BCUT2D eigenvalue weighted by atomic mass is 79.9. The normalized spacial score (nSPS) is 19.1.